The summed E-state index contributed by atoms with van der Waals surface area (Å²) in [5.74, 6) is 0.413. The van der Waals surface area contributed by atoms with Crippen LogP contribution in [0.5, 0.6) is 0 Å². The maximum Gasteiger partial charge on any atom is 0.137 e. The summed E-state index contributed by atoms with van der Waals surface area (Å²) in [6.45, 7) is 4.36. The summed E-state index contributed by atoms with van der Waals surface area (Å²) in [4.78, 5) is 0. The van der Waals surface area contributed by atoms with Crippen molar-refractivity contribution in [2.24, 2.45) is 11.7 Å². The van der Waals surface area contributed by atoms with Crippen molar-refractivity contribution in [1.29, 1.82) is 0 Å². The molecule has 1 aromatic rings. The second kappa shape index (κ2) is 6.36. The van der Waals surface area contributed by atoms with Gasteiger partial charge in [-0.2, -0.15) is 0 Å². The minimum absolute atomic E-state index is 0.105. The molecule has 2 atom stereocenters. The molecule has 0 heterocycles. The lowest BCUT2D eigenvalue weighted by Crippen LogP contribution is -2.25. The molecule has 1 rings (SSSR count). The van der Waals surface area contributed by atoms with E-state index >= 15 is 0 Å². The lowest BCUT2D eigenvalue weighted by atomic mass is 9.95. The zero-order chi connectivity index (χ0) is 12.1. The highest BCUT2D eigenvalue weighted by molar-refractivity contribution is 9.10. The summed E-state index contributed by atoms with van der Waals surface area (Å²) in [5.41, 5.74) is 7.01. The minimum Gasteiger partial charge on any atom is -0.327 e. The Morgan fingerprint density at radius 1 is 1.44 bits per heavy atom. The summed E-state index contributed by atoms with van der Waals surface area (Å²) in [6.07, 6.45) is 2.85. The second-order valence-corrected chi connectivity index (χ2v) is 5.22. The van der Waals surface area contributed by atoms with Gasteiger partial charge in [-0.25, -0.2) is 4.39 Å². The van der Waals surface area contributed by atoms with Gasteiger partial charge in [0.2, 0.25) is 0 Å². The zero-order valence-corrected chi connectivity index (χ0v) is 11.4. The van der Waals surface area contributed by atoms with Gasteiger partial charge in [0, 0.05) is 6.04 Å². The molecule has 2 unspecified atom stereocenters. The van der Waals surface area contributed by atoms with E-state index in [1.165, 1.54) is 6.07 Å². The molecule has 0 spiro atoms. The van der Waals surface area contributed by atoms with Gasteiger partial charge >= 0.3 is 0 Å². The largest absolute Gasteiger partial charge is 0.327 e. The normalized spacial score (nSPS) is 14.8. The van der Waals surface area contributed by atoms with E-state index in [4.69, 9.17) is 5.73 Å². The van der Waals surface area contributed by atoms with Crippen LogP contribution in [-0.4, -0.2) is 6.04 Å². The van der Waals surface area contributed by atoms with E-state index in [9.17, 15) is 4.39 Å². The van der Waals surface area contributed by atoms with Crippen LogP contribution >= 0.6 is 15.9 Å². The van der Waals surface area contributed by atoms with Gasteiger partial charge in [0.05, 0.1) is 4.47 Å². The summed E-state index contributed by atoms with van der Waals surface area (Å²) >= 11 is 3.26. The van der Waals surface area contributed by atoms with Crippen molar-refractivity contribution < 1.29 is 4.39 Å². The molecule has 2 N–H and O–H groups in total. The fourth-order valence-corrected chi connectivity index (χ4v) is 2.18. The molecule has 1 aromatic carbocycles. The van der Waals surface area contributed by atoms with Crippen LogP contribution in [-0.2, 0) is 6.42 Å². The molecular formula is C13H19BrFN. The summed E-state index contributed by atoms with van der Waals surface area (Å²) in [5, 5.41) is 0. The first-order chi connectivity index (χ1) is 7.54. The topological polar surface area (TPSA) is 26.0 Å². The van der Waals surface area contributed by atoms with E-state index < -0.39 is 0 Å². The highest BCUT2D eigenvalue weighted by atomic mass is 79.9. The van der Waals surface area contributed by atoms with Crippen LogP contribution in [0.25, 0.3) is 0 Å². The van der Waals surface area contributed by atoms with E-state index in [1.807, 2.05) is 6.07 Å². The first kappa shape index (κ1) is 13.7. The fraction of sp³-hybridized carbons (Fsp3) is 0.538. The molecule has 0 aliphatic rings. The first-order valence-corrected chi connectivity index (χ1v) is 6.52. The smallest absolute Gasteiger partial charge is 0.137 e. The summed E-state index contributed by atoms with van der Waals surface area (Å²) in [7, 11) is 0. The number of hydrogen-bond acceptors (Lipinski definition) is 1. The second-order valence-electron chi connectivity index (χ2n) is 4.43. The summed E-state index contributed by atoms with van der Waals surface area (Å²) < 4.78 is 13.8. The molecule has 0 amide bonds. The van der Waals surface area contributed by atoms with Gasteiger partial charge < -0.3 is 5.73 Å². The Morgan fingerprint density at radius 3 is 2.75 bits per heavy atom. The highest BCUT2D eigenvalue weighted by Crippen LogP contribution is 2.22. The van der Waals surface area contributed by atoms with Crippen molar-refractivity contribution in [2.45, 2.75) is 39.2 Å². The molecule has 0 saturated carbocycles. The van der Waals surface area contributed by atoms with Crippen LogP contribution in [0.1, 0.15) is 32.3 Å². The molecule has 3 heteroatoms. The molecule has 0 radical (unpaired) electrons. The Labute approximate surface area is 105 Å². The number of rotatable bonds is 5. The Morgan fingerprint density at radius 2 is 2.12 bits per heavy atom. The van der Waals surface area contributed by atoms with Crippen molar-refractivity contribution in [3.63, 3.8) is 0 Å². The maximum atomic E-state index is 13.3. The standard InChI is InChI=1S/C13H19BrFN/c1-3-9(2)7-11(16)8-10-5-4-6-12(15)13(10)14/h4-6,9,11H,3,7-8,16H2,1-2H3. The molecule has 0 aliphatic heterocycles. The molecule has 0 aliphatic carbocycles. The van der Waals surface area contributed by atoms with Crippen LogP contribution in [0.15, 0.2) is 22.7 Å². The van der Waals surface area contributed by atoms with E-state index in [0.717, 1.165) is 24.8 Å². The number of nitrogens with two attached hydrogens (primary N) is 1. The van der Waals surface area contributed by atoms with Gasteiger partial charge in [-0.05, 0) is 46.3 Å². The van der Waals surface area contributed by atoms with Gasteiger partial charge in [0.15, 0.2) is 0 Å². The average Bonchev–Trinajstić information content (AvgIpc) is 2.24. The lowest BCUT2D eigenvalue weighted by molar-refractivity contribution is 0.449. The molecular weight excluding hydrogens is 269 g/mol. The van der Waals surface area contributed by atoms with Crippen molar-refractivity contribution in [3.05, 3.63) is 34.1 Å². The predicted molar refractivity (Wildman–Crippen MR) is 69.9 cm³/mol. The SMILES string of the molecule is CCC(C)CC(N)Cc1cccc(F)c1Br. The Balaban J connectivity index is 2.62. The maximum absolute atomic E-state index is 13.3. The van der Waals surface area contributed by atoms with Crippen LogP contribution < -0.4 is 5.73 Å². The van der Waals surface area contributed by atoms with Gasteiger partial charge in [-0.3, -0.25) is 0 Å². The molecule has 1 nitrogen and oxygen atoms in total. The van der Waals surface area contributed by atoms with E-state index in [-0.39, 0.29) is 11.9 Å². The molecule has 0 fully saturated rings. The summed E-state index contributed by atoms with van der Waals surface area (Å²) in [6, 6.07) is 5.20. The Kier molecular flexibility index (Phi) is 5.42. The number of halogens is 2. The van der Waals surface area contributed by atoms with Gasteiger partial charge in [-0.1, -0.05) is 32.4 Å². The predicted octanol–water partition coefficient (Wildman–Crippen LogP) is 3.89. The van der Waals surface area contributed by atoms with Gasteiger partial charge in [0.1, 0.15) is 5.82 Å². The van der Waals surface area contributed by atoms with Crippen molar-refractivity contribution in [3.8, 4) is 0 Å². The quantitative estimate of drug-likeness (QED) is 0.874. The minimum atomic E-state index is -0.215. The molecule has 0 aromatic heterocycles. The van der Waals surface area contributed by atoms with Crippen LogP contribution in [0.3, 0.4) is 0 Å². The molecule has 90 valence electrons. The van der Waals surface area contributed by atoms with Crippen LogP contribution in [0.2, 0.25) is 0 Å². The average molecular weight is 288 g/mol. The number of benzene rings is 1. The van der Waals surface area contributed by atoms with E-state index in [0.29, 0.717) is 10.4 Å². The van der Waals surface area contributed by atoms with Gasteiger partial charge in [0.25, 0.3) is 0 Å². The van der Waals surface area contributed by atoms with Crippen LogP contribution in [0.4, 0.5) is 4.39 Å². The first-order valence-electron chi connectivity index (χ1n) is 5.73. The van der Waals surface area contributed by atoms with Crippen molar-refractivity contribution in [2.75, 3.05) is 0 Å². The monoisotopic (exact) mass is 287 g/mol. The van der Waals surface area contributed by atoms with Crippen LogP contribution in [0, 0.1) is 11.7 Å². The molecule has 16 heavy (non-hydrogen) atoms. The third-order valence-corrected chi connectivity index (χ3v) is 3.80. The van der Waals surface area contributed by atoms with Gasteiger partial charge in [-0.15, -0.1) is 0 Å². The zero-order valence-electron chi connectivity index (χ0n) is 9.84. The van der Waals surface area contributed by atoms with E-state index in [2.05, 4.69) is 29.8 Å². The lowest BCUT2D eigenvalue weighted by Gasteiger charge is -2.16. The third-order valence-electron chi connectivity index (χ3n) is 2.92. The molecule has 0 saturated heterocycles. The number of hydrogen-bond donors (Lipinski definition) is 1. The van der Waals surface area contributed by atoms with Crippen molar-refractivity contribution >= 4 is 15.9 Å². The highest BCUT2D eigenvalue weighted by Gasteiger charge is 2.12. The van der Waals surface area contributed by atoms with Crippen molar-refractivity contribution in [1.82, 2.24) is 0 Å². The Bertz CT molecular complexity index is 341. The third kappa shape index (κ3) is 3.87. The fourth-order valence-electron chi connectivity index (χ4n) is 1.76. The molecule has 0 bridgehead atoms. The van der Waals surface area contributed by atoms with E-state index in [1.54, 1.807) is 6.07 Å². The Hall–Kier alpha value is -0.410.